The van der Waals surface area contributed by atoms with Crippen molar-refractivity contribution in [2.45, 2.75) is 39.2 Å². The molecule has 2 atom stereocenters. The molecule has 0 aliphatic heterocycles. The highest BCUT2D eigenvalue weighted by Crippen LogP contribution is 2.57. The fourth-order valence-corrected chi connectivity index (χ4v) is 1.22. The number of aliphatic hydroxyl groups is 1. The van der Waals surface area contributed by atoms with Gasteiger partial charge in [-0.1, -0.05) is 13.8 Å². The number of rotatable bonds is 1. The minimum Gasteiger partial charge on any atom is -0.390 e. The summed E-state index contributed by atoms with van der Waals surface area (Å²) < 4.78 is 0. The molecule has 0 heterocycles. The Morgan fingerprint density at radius 3 is 1.88 bits per heavy atom. The molecule has 1 N–H and O–H groups in total. The normalized spacial score (nSPS) is 54.0. The Balaban J connectivity index is 2.55. The van der Waals surface area contributed by atoms with E-state index in [9.17, 15) is 5.11 Å². The van der Waals surface area contributed by atoms with Gasteiger partial charge in [0.25, 0.3) is 0 Å². The Labute approximate surface area is 50.7 Å². The van der Waals surface area contributed by atoms with Crippen LogP contribution in [0.4, 0.5) is 0 Å². The molecule has 2 unspecified atom stereocenters. The third-order valence-corrected chi connectivity index (χ3v) is 2.69. The summed E-state index contributed by atoms with van der Waals surface area (Å²) in [7, 11) is 0. The topological polar surface area (TPSA) is 20.2 Å². The average molecular weight is 114 g/mol. The Hall–Kier alpha value is -0.0400. The molecule has 0 radical (unpaired) electrons. The summed E-state index contributed by atoms with van der Waals surface area (Å²) in [4.78, 5) is 0. The zero-order valence-corrected chi connectivity index (χ0v) is 5.86. The van der Waals surface area contributed by atoms with Crippen molar-refractivity contribution in [2.24, 2.45) is 5.41 Å². The molecule has 1 aliphatic carbocycles. The van der Waals surface area contributed by atoms with Crippen molar-refractivity contribution in [1.82, 2.24) is 0 Å². The molecule has 0 bridgehead atoms. The summed E-state index contributed by atoms with van der Waals surface area (Å²) in [6.45, 7) is 6.17. The molecule has 1 heteroatoms. The summed E-state index contributed by atoms with van der Waals surface area (Å²) in [6.07, 6.45) is 2.08. The van der Waals surface area contributed by atoms with Crippen LogP contribution in [0.15, 0.2) is 0 Å². The van der Waals surface area contributed by atoms with E-state index in [-0.39, 0.29) is 11.0 Å². The van der Waals surface area contributed by atoms with E-state index >= 15 is 0 Å². The van der Waals surface area contributed by atoms with Crippen molar-refractivity contribution in [3.05, 3.63) is 0 Å². The van der Waals surface area contributed by atoms with Gasteiger partial charge in [0.15, 0.2) is 0 Å². The van der Waals surface area contributed by atoms with E-state index in [1.165, 1.54) is 0 Å². The van der Waals surface area contributed by atoms with Gasteiger partial charge in [0.2, 0.25) is 0 Å². The van der Waals surface area contributed by atoms with Gasteiger partial charge in [-0.25, -0.2) is 0 Å². The minimum absolute atomic E-state index is 0.243. The van der Waals surface area contributed by atoms with Crippen LogP contribution >= 0.6 is 0 Å². The van der Waals surface area contributed by atoms with E-state index in [1.807, 2.05) is 6.92 Å². The van der Waals surface area contributed by atoms with E-state index < -0.39 is 0 Å². The highest BCUT2D eigenvalue weighted by atomic mass is 16.3. The van der Waals surface area contributed by atoms with E-state index in [2.05, 4.69) is 13.8 Å². The minimum atomic E-state index is -0.345. The van der Waals surface area contributed by atoms with Crippen LogP contribution in [0.1, 0.15) is 33.6 Å². The molecule has 48 valence electrons. The highest BCUT2D eigenvalue weighted by Gasteiger charge is 2.58. The monoisotopic (exact) mass is 114 g/mol. The van der Waals surface area contributed by atoms with Crippen molar-refractivity contribution in [3.63, 3.8) is 0 Å². The Bertz CT molecular complexity index is 107. The van der Waals surface area contributed by atoms with Gasteiger partial charge in [0, 0.05) is 0 Å². The summed E-state index contributed by atoms with van der Waals surface area (Å²) in [5, 5.41) is 9.35. The predicted molar refractivity (Wildman–Crippen MR) is 33.6 cm³/mol. The lowest BCUT2D eigenvalue weighted by atomic mass is 10.0. The first-order chi connectivity index (χ1) is 3.52. The summed E-state index contributed by atoms with van der Waals surface area (Å²) >= 11 is 0. The van der Waals surface area contributed by atoms with Crippen LogP contribution in [0.5, 0.6) is 0 Å². The van der Waals surface area contributed by atoms with Crippen molar-refractivity contribution < 1.29 is 5.11 Å². The molecule has 0 aromatic heterocycles. The fraction of sp³-hybridized carbons (Fsp3) is 1.00. The zero-order chi connectivity index (χ0) is 6.41. The third kappa shape index (κ3) is 0.576. The second kappa shape index (κ2) is 1.27. The first kappa shape index (κ1) is 6.09. The SMILES string of the molecule is CCC1(C)CC1(C)O. The largest absolute Gasteiger partial charge is 0.390 e. The Morgan fingerprint density at radius 1 is 1.50 bits per heavy atom. The van der Waals surface area contributed by atoms with Gasteiger partial charge in [-0.05, 0) is 25.2 Å². The second-order valence-corrected chi connectivity index (χ2v) is 3.36. The Kier molecular flexibility index (Phi) is 0.965. The molecule has 0 spiro atoms. The smallest absolute Gasteiger partial charge is 0.0680 e. The molecular weight excluding hydrogens is 100 g/mol. The van der Waals surface area contributed by atoms with Crippen LogP contribution < -0.4 is 0 Å². The van der Waals surface area contributed by atoms with Gasteiger partial charge in [0.1, 0.15) is 0 Å². The molecule has 0 saturated heterocycles. The molecule has 1 saturated carbocycles. The van der Waals surface area contributed by atoms with Crippen molar-refractivity contribution >= 4 is 0 Å². The third-order valence-electron chi connectivity index (χ3n) is 2.69. The number of hydrogen-bond acceptors (Lipinski definition) is 1. The fourth-order valence-electron chi connectivity index (χ4n) is 1.22. The lowest BCUT2D eigenvalue weighted by Gasteiger charge is -2.08. The van der Waals surface area contributed by atoms with Gasteiger partial charge in [-0.2, -0.15) is 0 Å². The maximum absolute atomic E-state index is 9.35. The quantitative estimate of drug-likeness (QED) is 0.548. The van der Waals surface area contributed by atoms with Crippen LogP contribution in [0.3, 0.4) is 0 Å². The van der Waals surface area contributed by atoms with E-state index in [0.717, 1.165) is 12.8 Å². The molecular formula is C7H14O. The van der Waals surface area contributed by atoms with Crippen molar-refractivity contribution in [2.75, 3.05) is 0 Å². The molecule has 1 fully saturated rings. The van der Waals surface area contributed by atoms with Gasteiger partial charge in [-0.3, -0.25) is 0 Å². The van der Waals surface area contributed by atoms with Crippen LogP contribution in [0.2, 0.25) is 0 Å². The second-order valence-electron chi connectivity index (χ2n) is 3.36. The predicted octanol–water partition coefficient (Wildman–Crippen LogP) is 1.56. The molecule has 0 aromatic carbocycles. The lowest BCUT2D eigenvalue weighted by molar-refractivity contribution is 0.121. The summed E-state index contributed by atoms with van der Waals surface area (Å²) in [5.74, 6) is 0. The first-order valence-corrected chi connectivity index (χ1v) is 3.24. The maximum Gasteiger partial charge on any atom is 0.0680 e. The van der Waals surface area contributed by atoms with Crippen molar-refractivity contribution in [3.8, 4) is 0 Å². The molecule has 0 aromatic rings. The van der Waals surface area contributed by atoms with Gasteiger partial charge in [-0.15, -0.1) is 0 Å². The van der Waals surface area contributed by atoms with Gasteiger partial charge < -0.3 is 5.11 Å². The first-order valence-electron chi connectivity index (χ1n) is 3.24. The van der Waals surface area contributed by atoms with Crippen LogP contribution in [0, 0.1) is 5.41 Å². The standard InChI is InChI=1S/C7H14O/c1-4-6(2)5-7(6,3)8/h8H,4-5H2,1-3H3. The van der Waals surface area contributed by atoms with Crippen LogP contribution in [-0.4, -0.2) is 10.7 Å². The average Bonchev–Trinajstić information content (AvgIpc) is 2.10. The molecule has 1 aliphatic rings. The summed E-state index contributed by atoms with van der Waals surface area (Å²) in [6, 6.07) is 0. The van der Waals surface area contributed by atoms with E-state index in [1.54, 1.807) is 0 Å². The molecule has 0 amide bonds. The van der Waals surface area contributed by atoms with Crippen LogP contribution in [0.25, 0.3) is 0 Å². The van der Waals surface area contributed by atoms with Crippen LogP contribution in [-0.2, 0) is 0 Å². The maximum atomic E-state index is 9.35. The number of hydrogen-bond donors (Lipinski definition) is 1. The molecule has 8 heavy (non-hydrogen) atoms. The highest BCUT2D eigenvalue weighted by molar-refractivity contribution is 5.09. The van der Waals surface area contributed by atoms with Gasteiger partial charge in [0.05, 0.1) is 5.60 Å². The Morgan fingerprint density at radius 2 is 1.88 bits per heavy atom. The summed E-state index contributed by atoms with van der Waals surface area (Å²) in [5.41, 5.74) is -0.102. The van der Waals surface area contributed by atoms with E-state index in [4.69, 9.17) is 0 Å². The van der Waals surface area contributed by atoms with Crippen molar-refractivity contribution in [1.29, 1.82) is 0 Å². The zero-order valence-electron chi connectivity index (χ0n) is 5.86. The van der Waals surface area contributed by atoms with Gasteiger partial charge >= 0.3 is 0 Å². The molecule has 1 rings (SSSR count). The lowest BCUT2D eigenvalue weighted by Crippen LogP contribution is -2.11. The molecule has 1 nitrogen and oxygen atoms in total. The van der Waals surface area contributed by atoms with E-state index in [0.29, 0.717) is 0 Å².